The van der Waals surface area contributed by atoms with Crippen LogP contribution in [0.4, 0.5) is 0 Å². The lowest BCUT2D eigenvalue weighted by atomic mass is 10.2. The van der Waals surface area contributed by atoms with Crippen molar-refractivity contribution in [2.75, 3.05) is 6.54 Å². The van der Waals surface area contributed by atoms with Gasteiger partial charge in [-0.1, -0.05) is 20.3 Å². The first-order chi connectivity index (χ1) is 7.69. The van der Waals surface area contributed by atoms with Crippen LogP contribution in [-0.2, 0) is 6.42 Å². The lowest BCUT2D eigenvalue weighted by molar-refractivity contribution is 0.0913. The Hall–Kier alpha value is -0.870. The fourth-order valence-electron chi connectivity index (χ4n) is 1.54. The molecule has 1 rings (SSSR count). The topological polar surface area (TPSA) is 49.3 Å². The van der Waals surface area contributed by atoms with Crippen molar-refractivity contribution in [1.29, 1.82) is 0 Å². The van der Waals surface area contributed by atoms with Gasteiger partial charge in [0.15, 0.2) is 0 Å². The number of carbonyl (C=O) groups is 1. The number of hydrogen-bond acceptors (Lipinski definition) is 3. The average molecular weight is 241 g/mol. The van der Waals surface area contributed by atoms with Crippen molar-refractivity contribution in [2.45, 2.75) is 39.2 Å². The third kappa shape index (κ3) is 3.61. The SMILES string of the molecule is CCCC(O)CNC(=O)c1sccc1CC. The Bertz CT molecular complexity index is 336. The summed E-state index contributed by atoms with van der Waals surface area (Å²) in [6.45, 7) is 4.39. The van der Waals surface area contributed by atoms with Crippen LogP contribution in [-0.4, -0.2) is 23.7 Å². The van der Waals surface area contributed by atoms with E-state index in [9.17, 15) is 9.90 Å². The summed E-state index contributed by atoms with van der Waals surface area (Å²) in [6, 6.07) is 1.97. The molecule has 1 heterocycles. The van der Waals surface area contributed by atoms with Crippen LogP contribution < -0.4 is 5.32 Å². The number of aliphatic hydroxyl groups is 1. The van der Waals surface area contributed by atoms with E-state index in [1.54, 1.807) is 0 Å². The van der Waals surface area contributed by atoms with Crippen LogP contribution in [0.1, 0.15) is 41.9 Å². The van der Waals surface area contributed by atoms with Gasteiger partial charge in [0, 0.05) is 6.54 Å². The number of carbonyl (C=O) groups excluding carboxylic acids is 1. The first-order valence-electron chi connectivity index (χ1n) is 5.71. The van der Waals surface area contributed by atoms with Crippen LogP contribution in [0.15, 0.2) is 11.4 Å². The Morgan fingerprint density at radius 3 is 2.94 bits per heavy atom. The van der Waals surface area contributed by atoms with Crippen LogP contribution in [0.2, 0.25) is 0 Å². The molecule has 0 radical (unpaired) electrons. The first-order valence-corrected chi connectivity index (χ1v) is 6.59. The second-order valence-corrected chi connectivity index (χ2v) is 4.70. The maximum Gasteiger partial charge on any atom is 0.261 e. The van der Waals surface area contributed by atoms with E-state index in [2.05, 4.69) is 5.32 Å². The highest BCUT2D eigenvalue weighted by molar-refractivity contribution is 7.12. The Morgan fingerprint density at radius 2 is 2.31 bits per heavy atom. The summed E-state index contributed by atoms with van der Waals surface area (Å²) in [5.41, 5.74) is 1.08. The molecule has 3 nitrogen and oxygen atoms in total. The van der Waals surface area contributed by atoms with E-state index in [0.29, 0.717) is 6.54 Å². The van der Waals surface area contributed by atoms with Crippen LogP contribution in [0.3, 0.4) is 0 Å². The normalized spacial score (nSPS) is 12.4. The average Bonchev–Trinajstić information content (AvgIpc) is 2.74. The highest BCUT2D eigenvalue weighted by atomic mass is 32.1. The Balaban J connectivity index is 2.46. The highest BCUT2D eigenvalue weighted by Gasteiger charge is 2.12. The summed E-state index contributed by atoms with van der Waals surface area (Å²) >= 11 is 1.45. The highest BCUT2D eigenvalue weighted by Crippen LogP contribution is 2.16. The number of amides is 1. The van der Waals surface area contributed by atoms with Gasteiger partial charge in [-0.05, 0) is 29.9 Å². The molecule has 0 aromatic carbocycles. The number of rotatable bonds is 6. The van der Waals surface area contributed by atoms with Gasteiger partial charge in [0.2, 0.25) is 0 Å². The first kappa shape index (κ1) is 13.2. The number of thiophene rings is 1. The summed E-state index contributed by atoms with van der Waals surface area (Å²) in [5, 5.41) is 14.2. The standard InChI is InChI=1S/C12H19NO2S/c1-3-5-10(14)8-13-12(15)11-9(4-2)6-7-16-11/h6-7,10,14H,3-5,8H2,1-2H3,(H,13,15). The molecule has 0 saturated carbocycles. The minimum atomic E-state index is -0.431. The lowest BCUT2D eigenvalue weighted by Gasteiger charge is -2.10. The van der Waals surface area contributed by atoms with Gasteiger partial charge in [-0.25, -0.2) is 0 Å². The summed E-state index contributed by atoms with van der Waals surface area (Å²) in [7, 11) is 0. The molecular weight excluding hydrogens is 222 g/mol. The van der Waals surface area contributed by atoms with Gasteiger partial charge in [0.25, 0.3) is 5.91 Å². The second kappa shape index (κ2) is 6.66. The molecule has 0 spiro atoms. The minimum absolute atomic E-state index is 0.0676. The zero-order chi connectivity index (χ0) is 12.0. The van der Waals surface area contributed by atoms with Gasteiger partial charge in [0.05, 0.1) is 11.0 Å². The molecule has 0 fully saturated rings. The van der Waals surface area contributed by atoms with Crippen molar-refractivity contribution in [3.05, 3.63) is 21.9 Å². The van der Waals surface area contributed by atoms with E-state index in [-0.39, 0.29) is 5.91 Å². The predicted octanol–water partition coefficient (Wildman–Crippen LogP) is 2.20. The van der Waals surface area contributed by atoms with Crippen molar-refractivity contribution in [3.8, 4) is 0 Å². The quantitative estimate of drug-likeness (QED) is 0.802. The lowest BCUT2D eigenvalue weighted by Crippen LogP contribution is -2.31. The summed E-state index contributed by atoms with van der Waals surface area (Å²) < 4.78 is 0. The van der Waals surface area contributed by atoms with Crippen molar-refractivity contribution < 1.29 is 9.90 Å². The van der Waals surface area contributed by atoms with Crippen molar-refractivity contribution in [1.82, 2.24) is 5.32 Å². The van der Waals surface area contributed by atoms with Crippen molar-refractivity contribution in [2.24, 2.45) is 0 Å². The zero-order valence-electron chi connectivity index (χ0n) is 9.82. The van der Waals surface area contributed by atoms with Gasteiger partial charge in [-0.2, -0.15) is 0 Å². The Morgan fingerprint density at radius 1 is 1.56 bits per heavy atom. The summed E-state index contributed by atoms with van der Waals surface area (Å²) in [6.07, 6.45) is 2.09. The Kier molecular flexibility index (Phi) is 5.49. The molecule has 1 aromatic heterocycles. The molecule has 0 bridgehead atoms. The molecule has 16 heavy (non-hydrogen) atoms. The largest absolute Gasteiger partial charge is 0.391 e. The molecule has 0 aliphatic carbocycles. The van der Waals surface area contributed by atoms with Crippen LogP contribution in [0, 0.1) is 0 Å². The van der Waals surface area contributed by atoms with E-state index in [1.807, 2.05) is 25.3 Å². The van der Waals surface area contributed by atoms with Gasteiger partial charge >= 0.3 is 0 Å². The van der Waals surface area contributed by atoms with Crippen molar-refractivity contribution in [3.63, 3.8) is 0 Å². The monoisotopic (exact) mass is 241 g/mol. The molecule has 1 amide bonds. The van der Waals surface area contributed by atoms with E-state index in [1.165, 1.54) is 11.3 Å². The molecule has 90 valence electrons. The molecule has 4 heteroatoms. The van der Waals surface area contributed by atoms with Gasteiger partial charge < -0.3 is 10.4 Å². The third-order valence-corrected chi connectivity index (χ3v) is 3.41. The van der Waals surface area contributed by atoms with E-state index in [4.69, 9.17) is 0 Å². The molecular formula is C12H19NO2S. The fraction of sp³-hybridized carbons (Fsp3) is 0.583. The van der Waals surface area contributed by atoms with Crippen LogP contribution in [0.25, 0.3) is 0 Å². The van der Waals surface area contributed by atoms with Crippen molar-refractivity contribution >= 4 is 17.2 Å². The van der Waals surface area contributed by atoms with E-state index in [0.717, 1.165) is 29.7 Å². The van der Waals surface area contributed by atoms with Gasteiger partial charge in [0.1, 0.15) is 0 Å². The number of aliphatic hydroxyl groups excluding tert-OH is 1. The van der Waals surface area contributed by atoms with Gasteiger partial charge in [-0.3, -0.25) is 4.79 Å². The molecule has 0 aliphatic heterocycles. The second-order valence-electron chi connectivity index (χ2n) is 3.78. The maximum atomic E-state index is 11.8. The van der Waals surface area contributed by atoms with E-state index < -0.39 is 6.10 Å². The molecule has 0 aliphatic rings. The fourth-order valence-corrected chi connectivity index (χ4v) is 2.45. The number of aryl methyl sites for hydroxylation is 1. The number of hydrogen-bond donors (Lipinski definition) is 2. The smallest absolute Gasteiger partial charge is 0.261 e. The summed E-state index contributed by atoms with van der Waals surface area (Å²) in [5.74, 6) is -0.0676. The number of nitrogens with one attached hydrogen (secondary N) is 1. The maximum absolute atomic E-state index is 11.8. The minimum Gasteiger partial charge on any atom is -0.391 e. The van der Waals surface area contributed by atoms with E-state index >= 15 is 0 Å². The molecule has 1 atom stereocenters. The molecule has 0 saturated heterocycles. The Labute approximate surface area is 100 Å². The molecule has 1 aromatic rings. The zero-order valence-corrected chi connectivity index (χ0v) is 10.6. The molecule has 2 N–H and O–H groups in total. The third-order valence-electron chi connectivity index (χ3n) is 2.45. The van der Waals surface area contributed by atoms with Crippen LogP contribution in [0.5, 0.6) is 0 Å². The van der Waals surface area contributed by atoms with Crippen LogP contribution >= 0.6 is 11.3 Å². The van der Waals surface area contributed by atoms with Gasteiger partial charge in [-0.15, -0.1) is 11.3 Å². The predicted molar refractivity (Wildman–Crippen MR) is 66.9 cm³/mol. The summed E-state index contributed by atoms with van der Waals surface area (Å²) in [4.78, 5) is 12.6. The molecule has 1 unspecified atom stereocenters.